The van der Waals surface area contributed by atoms with Gasteiger partial charge in [0.05, 0.1) is 30.3 Å². The van der Waals surface area contributed by atoms with Crippen LogP contribution in [0.4, 0.5) is 11.4 Å². The smallest absolute Gasteiger partial charge is 0.240 e. The molecule has 0 unspecified atom stereocenters. The van der Waals surface area contributed by atoms with Crippen molar-refractivity contribution in [1.82, 2.24) is 14.9 Å². The van der Waals surface area contributed by atoms with E-state index in [1.54, 1.807) is 12.1 Å². The number of benzene rings is 2. The number of fused-ring (bicyclic) bond motifs is 1. The zero-order valence-corrected chi connectivity index (χ0v) is 20.8. The molecule has 7 nitrogen and oxygen atoms in total. The van der Waals surface area contributed by atoms with E-state index in [2.05, 4.69) is 15.5 Å². The van der Waals surface area contributed by atoms with Crippen LogP contribution < -0.4 is 15.4 Å². The number of aromatic nitrogens is 2. The van der Waals surface area contributed by atoms with E-state index in [0.29, 0.717) is 18.3 Å². The van der Waals surface area contributed by atoms with Crippen LogP contribution in [0.3, 0.4) is 0 Å². The zero-order valence-electron chi connectivity index (χ0n) is 20.8. The van der Waals surface area contributed by atoms with Gasteiger partial charge in [-0.2, -0.15) is 0 Å². The molecule has 5 rings (SSSR count). The molecule has 1 aromatic heterocycles. The highest BCUT2D eigenvalue weighted by Gasteiger charge is 2.19. The van der Waals surface area contributed by atoms with Gasteiger partial charge in [0.1, 0.15) is 18.1 Å². The fourth-order valence-electron chi connectivity index (χ4n) is 5.42. The Morgan fingerprint density at radius 3 is 2.44 bits per heavy atom. The summed E-state index contributed by atoms with van der Waals surface area (Å²) in [6.07, 6.45) is 12.1. The van der Waals surface area contributed by atoms with Crippen molar-refractivity contribution in [2.45, 2.75) is 89.4 Å². The molecule has 0 saturated heterocycles. The number of carbonyl (C=O) groups is 1. The van der Waals surface area contributed by atoms with E-state index in [0.717, 1.165) is 54.0 Å². The number of imidazole rings is 1. The number of rotatable bonds is 8. The van der Waals surface area contributed by atoms with Crippen molar-refractivity contribution < 1.29 is 9.53 Å². The summed E-state index contributed by atoms with van der Waals surface area (Å²) in [6.45, 7) is 8.02. The third-order valence-electron chi connectivity index (χ3n) is 7.37. The number of anilines is 1. The molecular formula is C29H35N5O2. The van der Waals surface area contributed by atoms with Crippen LogP contribution in [0, 0.1) is 6.57 Å². The Kier molecular flexibility index (Phi) is 7.70. The summed E-state index contributed by atoms with van der Waals surface area (Å²) in [5.74, 6) is 1.69. The SMILES string of the molecule is [C-]#[N+]c1ccc2c(c1)nc(CNc1ccc(OC3CCCCC3)cc1)n2CC(=O)NC1CCCCC1. The fourth-order valence-corrected chi connectivity index (χ4v) is 5.42. The van der Waals surface area contributed by atoms with Crippen LogP contribution in [0.15, 0.2) is 42.5 Å². The van der Waals surface area contributed by atoms with Crippen molar-refractivity contribution in [3.8, 4) is 5.75 Å². The second kappa shape index (κ2) is 11.5. The maximum Gasteiger partial charge on any atom is 0.240 e. The van der Waals surface area contributed by atoms with Crippen molar-refractivity contribution in [3.63, 3.8) is 0 Å². The third kappa shape index (κ3) is 5.99. The lowest BCUT2D eigenvalue weighted by Gasteiger charge is -2.23. The number of nitrogens with one attached hydrogen (secondary N) is 2. The zero-order chi connectivity index (χ0) is 24.7. The molecule has 1 heterocycles. The van der Waals surface area contributed by atoms with E-state index in [1.165, 1.54) is 38.5 Å². The molecule has 1 amide bonds. The first-order valence-electron chi connectivity index (χ1n) is 13.3. The van der Waals surface area contributed by atoms with Gasteiger partial charge >= 0.3 is 0 Å². The number of ether oxygens (including phenoxy) is 1. The molecule has 0 radical (unpaired) electrons. The molecule has 2 saturated carbocycles. The first-order valence-corrected chi connectivity index (χ1v) is 13.3. The molecule has 2 aliphatic carbocycles. The molecule has 188 valence electrons. The Bertz CT molecular complexity index is 1210. The quantitative estimate of drug-likeness (QED) is 0.364. The molecule has 7 heteroatoms. The number of hydrogen-bond donors (Lipinski definition) is 2. The van der Waals surface area contributed by atoms with Gasteiger partial charge in [-0.3, -0.25) is 4.79 Å². The summed E-state index contributed by atoms with van der Waals surface area (Å²) in [5.41, 5.74) is 3.13. The fraction of sp³-hybridized carbons (Fsp3) is 0.483. The lowest BCUT2D eigenvalue weighted by atomic mass is 9.95. The number of hydrogen-bond acceptors (Lipinski definition) is 4. The molecule has 3 aromatic rings. The molecule has 0 aliphatic heterocycles. The van der Waals surface area contributed by atoms with Crippen LogP contribution in [0.5, 0.6) is 5.75 Å². The molecule has 0 atom stereocenters. The maximum absolute atomic E-state index is 12.9. The summed E-state index contributed by atoms with van der Waals surface area (Å²) >= 11 is 0. The molecule has 2 aliphatic rings. The minimum Gasteiger partial charge on any atom is -0.490 e. The van der Waals surface area contributed by atoms with Crippen LogP contribution in [0.2, 0.25) is 0 Å². The minimum atomic E-state index is 0.0147. The van der Waals surface area contributed by atoms with E-state index < -0.39 is 0 Å². The average molecular weight is 486 g/mol. The lowest BCUT2D eigenvalue weighted by molar-refractivity contribution is -0.122. The Balaban J connectivity index is 1.28. The average Bonchev–Trinajstić information content (AvgIpc) is 3.25. The Labute approximate surface area is 213 Å². The third-order valence-corrected chi connectivity index (χ3v) is 7.37. The van der Waals surface area contributed by atoms with Gasteiger partial charge in [0, 0.05) is 11.7 Å². The predicted octanol–water partition coefficient (Wildman–Crippen LogP) is 6.36. The summed E-state index contributed by atoms with van der Waals surface area (Å²) in [6, 6.07) is 13.8. The van der Waals surface area contributed by atoms with Gasteiger partial charge in [0.15, 0.2) is 5.69 Å². The Morgan fingerprint density at radius 1 is 1.00 bits per heavy atom. The first-order chi connectivity index (χ1) is 17.7. The predicted molar refractivity (Wildman–Crippen MR) is 142 cm³/mol. The van der Waals surface area contributed by atoms with Gasteiger partial charge in [-0.05, 0) is 74.9 Å². The van der Waals surface area contributed by atoms with Crippen LogP contribution in [-0.2, 0) is 17.9 Å². The topological polar surface area (TPSA) is 72.5 Å². The van der Waals surface area contributed by atoms with Crippen LogP contribution in [0.1, 0.15) is 70.0 Å². The Morgan fingerprint density at radius 2 is 1.72 bits per heavy atom. The normalized spacial score (nSPS) is 17.0. The lowest BCUT2D eigenvalue weighted by Crippen LogP contribution is -2.38. The first kappa shape index (κ1) is 24.2. The van der Waals surface area contributed by atoms with Crippen molar-refractivity contribution in [2.24, 2.45) is 0 Å². The van der Waals surface area contributed by atoms with Gasteiger partial charge in [-0.15, -0.1) is 0 Å². The molecule has 36 heavy (non-hydrogen) atoms. The molecular weight excluding hydrogens is 450 g/mol. The van der Waals surface area contributed by atoms with Crippen molar-refractivity contribution >= 4 is 28.3 Å². The number of carbonyl (C=O) groups excluding carboxylic acids is 1. The standard InChI is InChI=1S/C29H35N5O2/c1-30-23-14-17-27-26(18-23)33-28(34(27)20-29(35)32-22-8-4-2-5-9-22)19-31-21-12-15-25(16-13-21)36-24-10-6-3-7-11-24/h12-18,22,24,31H,2-11,19-20H2,(H,32,35). The van der Waals surface area contributed by atoms with Gasteiger partial charge in [-0.1, -0.05) is 31.7 Å². The van der Waals surface area contributed by atoms with Gasteiger partial charge in [0.25, 0.3) is 0 Å². The van der Waals surface area contributed by atoms with E-state index in [1.807, 2.05) is 34.9 Å². The van der Waals surface area contributed by atoms with E-state index in [4.69, 9.17) is 16.3 Å². The van der Waals surface area contributed by atoms with Crippen molar-refractivity contribution in [3.05, 3.63) is 59.7 Å². The summed E-state index contributed by atoms with van der Waals surface area (Å²) in [7, 11) is 0. The second-order valence-corrected chi connectivity index (χ2v) is 10.1. The molecule has 2 N–H and O–H groups in total. The van der Waals surface area contributed by atoms with E-state index in [-0.39, 0.29) is 18.5 Å². The summed E-state index contributed by atoms with van der Waals surface area (Å²) in [4.78, 5) is 21.2. The van der Waals surface area contributed by atoms with E-state index >= 15 is 0 Å². The highest BCUT2D eigenvalue weighted by molar-refractivity contribution is 5.83. The van der Waals surface area contributed by atoms with Crippen molar-refractivity contribution in [1.29, 1.82) is 0 Å². The Hall–Kier alpha value is -3.53. The summed E-state index contributed by atoms with van der Waals surface area (Å²) < 4.78 is 8.11. The van der Waals surface area contributed by atoms with E-state index in [9.17, 15) is 4.79 Å². The largest absolute Gasteiger partial charge is 0.490 e. The van der Waals surface area contributed by atoms with Crippen LogP contribution in [-0.4, -0.2) is 27.6 Å². The second-order valence-electron chi connectivity index (χ2n) is 10.1. The molecule has 0 bridgehead atoms. The number of nitrogens with zero attached hydrogens (tertiary/aromatic N) is 3. The highest BCUT2D eigenvalue weighted by atomic mass is 16.5. The van der Waals surface area contributed by atoms with Crippen LogP contribution in [0.25, 0.3) is 15.9 Å². The van der Waals surface area contributed by atoms with Crippen LogP contribution >= 0.6 is 0 Å². The summed E-state index contributed by atoms with van der Waals surface area (Å²) in [5, 5.41) is 6.66. The maximum atomic E-state index is 12.9. The van der Waals surface area contributed by atoms with Gasteiger partial charge in [0.2, 0.25) is 5.91 Å². The molecule has 2 aromatic carbocycles. The van der Waals surface area contributed by atoms with Crippen molar-refractivity contribution in [2.75, 3.05) is 5.32 Å². The van der Waals surface area contributed by atoms with Gasteiger partial charge < -0.3 is 19.9 Å². The minimum absolute atomic E-state index is 0.0147. The molecule has 0 spiro atoms. The number of amides is 1. The molecule has 2 fully saturated rings. The monoisotopic (exact) mass is 485 g/mol. The highest BCUT2D eigenvalue weighted by Crippen LogP contribution is 2.26. The van der Waals surface area contributed by atoms with Gasteiger partial charge in [-0.25, -0.2) is 9.83 Å².